The molecule has 0 aliphatic carbocycles. The molecule has 1 saturated heterocycles. The molecule has 1 aromatic rings. The molecular weight excluding hydrogens is 158 g/mol. The van der Waals surface area contributed by atoms with Crippen LogP contribution in [0, 0.1) is 0 Å². The molecular formula is C7H11N3S. The predicted octanol–water partition coefficient (Wildman–Crippen LogP) is 0.615. The molecule has 1 aliphatic rings. The molecule has 4 heteroatoms. The second-order valence-corrected chi connectivity index (χ2v) is 3.91. The van der Waals surface area contributed by atoms with Crippen LogP contribution in [0.3, 0.4) is 0 Å². The molecule has 1 aliphatic heterocycles. The molecule has 1 atom stereocenters. The Morgan fingerprint density at radius 3 is 3.36 bits per heavy atom. The summed E-state index contributed by atoms with van der Waals surface area (Å²) in [5, 5.41) is 10.9. The lowest BCUT2D eigenvalue weighted by atomic mass is 10.3. The topological polar surface area (TPSA) is 40.7 Å². The molecule has 0 amide bonds. The van der Waals surface area contributed by atoms with Gasteiger partial charge in [0.25, 0.3) is 0 Å². The van der Waals surface area contributed by atoms with Gasteiger partial charge in [0.1, 0.15) is 0 Å². The van der Waals surface area contributed by atoms with E-state index in [9.17, 15) is 0 Å². The monoisotopic (exact) mass is 169 g/mol. The Hall–Kier alpha value is -0.480. The molecule has 2 heterocycles. The average Bonchev–Trinajstić information content (AvgIpc) is 2.60. The molecule has 60 valence electrons. The summed E-state index contributed by atoms with van der Waals surface area (Å²) in [5.41, 5.74) is 1.22. The summed E-state index contributed by atoms with van der Waals surface area (Å²) in [6, 6.07) is 2.03. The zero-order valence-corrected chi connectivity index (χ0v) is 7.03. The molecule has 0 bridgehead atoms. The number of nitrogens with one attached hydrogen (secondary N) is 2. The van der Waals surface area contributed by atoms with Gasteiger partial charge in [0, 0.05) is 30.6 Å². The minimum absolute atomic E-state index is 0.593. The third kappa shape index (κ3) is 1.75. The van der Waals surface area contributed by atoms with Crippen LogP contribution in [-0.4, -0.2) is 27.9 Å². The van der Waals surface area contributed by atoms with E-state index in [0.29, 0.717) is 5.37 Å². The fourth-order valence-corrected chi connectivity index (χ4v) is 2.26. The van der Waals surface area contributed by atoms with Gasteiger partial charge in [0.15, 0.2) is 0 Å². The van der Waals surface area contributed by atoms with Gasteiger partial charge in [-0.2, -0.15) is 5.10 Å². The summed E-state index contributed by atoms with van der Waals surface area (Å²) in [4.78, 5) is 0. The summed E-state index contributed by atoms with van der Waals surface area (Å²) in [6.45, 7) is 1.14. The third-order valence-corrected chi connectivity index (χ3v) is 2.93. The number of hydrogen-bond acceptors (Lipinski definition) is 3. The number of aromatic amines is 1. The first-order valence-corrected chi connectivity index (χ1v) is 4.83. The summed E-state index contributed by atoms with van der Waals surface area (Å²) in [6.07, 6.45) is 2.86. The highest BCUT2D eigenvalue weighted by atomic mass is 32.2. The maximum atomic E-state index is 3.90. The van der Waals surface area contributed by atoms with E-state index in [1.807, 2.05) is 17.8 Å². The van der Waals surface area contributed by atoms with Crippen LogP contribution in [0.15, 0.2) is 12.3 Å². The van der Waals surface area contributed by atoms with E-state index in [4.69, 9.17) is 0 Å². The van der Waals surface area contributed by atoms with Crippen LogP contribution < -0.4 is 5.32 Å². The fourth-order valence-electron chi connectivity index (χ4n) is 1.21. The molecule has 0 radical (unpaired) electrons. The molecule has 11 heavy (non-hydrogen) atoms. The van der Waals surface area contributed by atoms with Crippen LogP contribution in [0.25, 0.3) is 0 Å². The lowest BCUT2D eigenvalue weighted by Crippen LogP contribution is -2.21. The highest BCUT2D eigenvalue weighted by Gasteiger charge is 2.14. The standard InChI is InChI=1S/C7H11N3S/c1-2-9-10-6(1)5-7-8-3-4-11-7/h1-2,7-8H,3-5H2,(H,9,10). The highest BCUT2D eigenvalue weighted by Crippen LogP contribution is 2.16. The van der Waals surface area contributed by atoms with E-state index in [0.717, 1.165) is 13.0 Å². The number of H-pyrrole nitrogens is 1. The summed E-state index contributed by atoms with van der Waals surface area (Å²) < 4.78 is 0. The summed E-state index contributed by atoms with van der Waals surface area (Å²) >= 11 is 1.98. The first-order chi connectivity index (χ1) is 5.45. The van der Waals surface area contributed by atoms with Gasteiger partial charge in [-0.1, -0.05) is 0 Å². The maximum absolute atomic E-state index is 3.90. The van der Waals surface area contributed by atoms with Crippen molar-refractivity contribution in [2.45, 2.75) is 11.8 Å². The lowest BCUT2D eigenvalue weighted by molar-refractivity contribution is 0.696. The van der Waals surface area contributed by atoms with Crippen molar-refractivity contribution in [3.8, 4) is 0 Å². The van der Waals surface area contributed by atoms with E-state index < -0.39 is 0 Å². The van der Waals surface area contributed by atoms with Crippen molar-refractivity contribution >= 4 is 11.8 Å². The van der Waals surface area contributed by atoms with Crippen LogP contribution in [0.1, 0.15) is 5.69 Å². The van der Waals surface area contributed by atoms with Crippen LogP contribution in [-0.2, 0) is 6.42 Å². The van der Waals surface area contributed by atoms with Crippen LogP contribution >= 0.6 is 11.8 Å². The van der Waals surface area contributed by atoms with Crippen LogP contribution in [0.4, 0.5) is 0 Å². The van der Waals surface area contributed by atoms with Gasteiger partial charge in [0.2, 0.25) is 0 Å². The first-order valence-electron chi connectivity index (χ1n) is 3.78. The van der Waals surface area contributed by atoms with Crippen molar-refractivity contribution < 1.29 is 0 Å². The minimum Gasteiger partial charge on any atom is -0.304 e. The lowest BCUT2D eigenvalue weighted by Gasteiger charge is -2.05. The van der Waals surface area contributed by atoms with Gasteiger partial charge in [-0.15, -0.1) is 11.8 Å². The predicted molar refractivity (Wildman–Crippen MR) is 46.5 cm³/mol. The van der Waals surface area contributed by atoms with Gasteiger partial charge in [0.05, 0.1) is 5.37 Å². The molecule has 0 saturated carbocycles. The van der Waals surface area contributed by atoms with Crippen molar-refractivity contribution in [2.75, 3.05) is 12.3 Å². The summed E-state index contributed by atoms with van der Waals surface area (Å²) in [5.74, 6) is 1.23. The SMILES string of the molecule is c1cc(CC2NCCS2)[nH]n1. The first kappa shape index (κ1) is 7.18. The number of nitrogens with zero attached hydrogens (tertiary/aromatic N) is 1. The van der Waals surface area contributed by atoms with Crippen molar-refractivity contribution in [2.24, 2.45) is 0 Å². The maximum Gasteiger partial charge on any atom is 0.0588 e. The Morgan fingerprint density at radius 1 is 1.73 bits per heavy atom. The Labute approximate surface area is 70.0 Å². The Morgan fingerprint density at radius 2 is 2.73 bits per heavy atom. The third-order valence-electron chi connectivity index (χ3n) is 1.76. The van der Waals surface area contributed by atoms with Crippen molar-refractivity contribution in [3.05, 3.63) is 18.0 Å². The van der Waals surface area contributed by atoms with E-state index >= 15 is 0 Å². The highest BCUT2D eigenvalue weighted by molar-refractivity contribution is 8.00. The van der Waals surface area contributed by atoms with Crippen molar-refractivity contribution in [1.82, 2.24) is 15.5 Å². The largest absolute Gasteiger partial charge is 0.304 e. The van der Waals surface area contributed by atoms with E-state index in [1.165, 1.54) is 11.4 Å². The average molecular weight is 169 g/mol. The van der Waals surface area contributed by atoms with Crippen molar-refractivity contribution in [3.63, 3.8) is 0 Å². The number of rotatable bonds is 2. The Bertz CT molecular complexity index is 203. The molecule has 1 unspecified atom stereocenters. The quantitative estimate of drug-likeness (QED) is 0.681. The van der Waals surface area contributed by atoms with Crippen LogP contribution in [0.5, 0.6) is 0 Å². The van der Waals surface area contributed by atoms with Crippen LogP contribution in [0.2, 0.25) is 0 Å². The van der Waals surface area contributed by atoms with Gasteiger partial charge in [-0.3, -0.25) is 5.10 Å². The number of hydrogen-bond donors (Lipinski definition) is 2. The molecule has 2 rings (SSSR count). The smallest absolute Gasteiger partial charge is 0.0588 e. The second kappa shape index (κ2) is 3.28. The molecule has 0 aromatic carbocycles. The van der Waals surface area contributed by atoms with Gasteiger partial charge >= 0.3 is 0 Å². The minimum atomic E-state index is 0.593. The van der Waals surface area contributed by atoms with E-state index in [1.54, 1.807) is 6.20 Å². The van der Waals surface area contributed by atoms with Crippen molar-refractivity contribution in [1.29, 1.82) is 0 Å². The van der Waals surface area contributed by atoms with Gasteiger partial charge < -0.3 is 5.32 Å². The fraction of sp³-hybridized carbons (Fsp3) is 0.571. The number of aromatic nitrogens is 2. The Balaban J connectivity index is 1.90. The zero-order valence-electron chi connectivity index (χ0n) is 6.21. The zero-order chi connectivity index (χ0) is 7.52. The normalized spacial score (nSPS) is 24.2. The molecule has 1 fully saturated rings. The van der Waals surface area contributed by atoms with E-state index in [2.05, 4.69) is 15.5 Å². The number of thioether (sulfide) groups is 1. The molecule has 1 aromatic heterocycles. The summed E-state index contributed by atoms with van der Waals surface area (Å²) in [7, 11) is 0. The van der Waals surface area contributed by atoms with Gasteiger partial charge in [-0.25, -0.2) is 0 Å². The molecule has 0 spiro atoms. The molecule has 3 nitrogen and oxygen atoms in total. The van der Waals surface area contributed by atoms with E-state index in [-0.39, 0.29) is 0 Å². The Kier molecular flexibility index (Phi) is 2.14. The second-order valence-electron chi connectivity index (χ2n) is 2.60. The molecule has 2 N–H and O–H groups in total. The van der Waals surface area contributed by atoms with Gasteiger partial charge in [-0.05, 0) is 6.07 Å².